The fraction of sp³-hybridized carbons (Fsp3) is 0.898. The number of unbranched alkanes of at least 4 members (excludes halogenated alkanes) is 24. The van der Waals surface area contributed by atoms with Crippen LogP contribution in [0.25, 0.3) is 0 Å². The SMILES string of the molecule is CCCCCCCCC=CCCCCCCCCOCC(CNC(=O)OCCN(C)CCN(CC)CC)OCCCCCCCCC=CCCCCCCCC. The van der Waals surface area contributed by atoms with Crippen molar-refractivity contribution in [3.63, 3.8) is 0 Å². The number of hydrogen-bond acceptors (Lipinski definition) is 6. The third-order valence-corrected chi connectivity index (χ3v) is 11.0. The van der Waals surface area contributed by atoms with Crippen LogP contribution in [0.1, 0.15) is 207 Å². The second-order valence-electron chi connectivity index (χ2n) is 16.3. The fourth-order valence-electron chi connectivity index (χ4n) is 6.94. The maximum atomic E-state index is 12.5. The molecule has 0 radical (unpaired) electrons. The molecule has 0 aromatic rings. The summed E-state index contributed by atoms with van der Waals surface area (Å²) in [7, 11) is 2.08. The van der Waals surface area contributed by atoms with Crippen molar-refractivity contribution in [2.45, 2.75) is 214 Å². The summed E-state index contributed by atoms with van der Waals surface area (Å²) in [4.78, 5) is 17.1. The third kappa shape index (κ3) is 42.2. The summed E-state index contributed by atoms with van der Waals surface area (Å²) in [6.07, 6.45) is 45.5. The maximum absolute atomic E-state index is 12.5. The molecule has 0 bridgehead atoms. The highest BCUT2D eigenvalue weighted by Gasteiger charge is 2.13. The topological polar surface area (TPSA) is 63.3 Å². The first-order valence-corrected chi connectivity index (χ1v) is 24.4. The van der Waals surface area contributed by atoms with Crippen LogP contribution in [0, 0.1) is 0 Å². The van der Waals surface area contributed by atoms with Gasteiger partial charge in [-0.3, -0.25) is 0 Å². The Labute approximate surface area is 349 Å². The van der Waals surface area contributed by atoms with E-state index in [9.17, 15) is 4.79 Å². The Bertz CT molecular complexity index is 834. The van der Waals surface area contributed by atoms with Gasteiger partial charge in [-0.15, -0.1) is 0 Å². The van der Waals surface area contributed by atoms with Crippen LogP contribution in [0.3, 0.4) is 0 Å². The van der Waals surface area contributed by atoms with E-state index in [0.29, 0.717) is 26.4 Å². The quantitative estimate of drug-likeness (QED) is 0.0489. The largest absolute Gasteiger partial charge is 0.448 e. The molecule has 1 N–H and O–H groups in total. The van der Waals surface area contributed by atoms with Gasteiger partial charge in [0.15, 0.2) is 0 Å². The predicted octanol–water partition coefficient (Wildman–Crippen LogP) is 13.5. The predicted molar refractivity (Wildman–Crippen MR) is 244 cm³/mol. The molecule has 0 saturated carbocycles. The Kier molecular flexibility index (Phi) is 45.1. The number of likely N-dealkylation sites (N-methyl/N-ethyl adjacent to an activating group) is 2. The molecule has 0 aromatic heterocycles. The number of nitrogens with one attached hydrogen (secondary N) is 1. The molecule has 0 rings (SSSR count). The molecule has 0 aliphatic carbocycles. The van der Waals surface area contributed by atoms with E-state index < -0.39 is 0 Å². The summed E-state index contributed by atoms with van der Waals surface area (Å²) in [5, 5.41) is 2.94. The minimum Gasteiger partial charge on any atom is -0.448 e. The van der Waals surface area contributed by atoms with E-state index in [2.05, 4.69) is 74.2 Å². The number of carbonyl (C=O) groups excluding carboxylic acids is 1. The van der Waals surface area contributed by atoms with Crippen molar-refractivity contribution >= 4 is 6.09 Å². The lowest BCUT2D eigenvalue weighted by Crippen LogP contribution is -2.38. The average Bonchev–Trinajstić information content (AvgIpc) is 3.20. The molecule has 0 spiro atoms. The van der Waals surface area contributed by atoms with Gasteiger partial charge >= 0.3 is 6.09 Å². The highest BCUT2D eigenvalue weighted by atomic mass is 16.6. The molecule has 0 aliphatic rings. The van der Waals surface area contributed by atoms with Gasteiger partial charge in [0.25, 0.3) is 0 Å². The number of ether oxygens (including phenoxy) is 3. The van der Waals surface area contributed by atoms with Crippen LogP contribution in [-0.4, -0.2) is 94.7 Å². The molecule has 0 heterocycles. The lowest BCUT2D eigenvalue weighted by atomic mass is 10.1. The molecule has 0 aromatic carbocycles. The molecular weight excluding hydrogens is 695 g/mol. The average molecular weight is 792 g/mol. The summed E-state index contributed by atoms with van der Waals surface area (Å²) in [5.74, 6) is 0. The summed E-state index contributed by atoms with van der Waals surface area (Å²) >= 11 is 0. The zero-order valence-corrected chi connectivity index (χ0v) is 38.3. The number of amides is 1. The zero-order chi connectivity index (χ0) is 40.8. The number of rotatable bonds is 45. The van der Waals surface area contributed by atoms with Crippen LogP contribution >= 0.6 is 0 Å². The number of alkyl carbamates (subject to hydrolysis) is 1. The molecule has 1 atom stereocenters. The molecule has 0 fully saturated rings. The van der Waals surface area contributed by atoms with Crippen molar-refractivity contribution in [2.75, 3.05) is 72.7 Å². The van der Waals surface area contributed by atoms with Crippen LogP contribution < -0.4 is 5.32 Å². The van der Waals surface area contributed by atoms with E-state index in [-0.39, 0.29) is 12.2 Å². The normalized spacial score (nSPS) is 12.6. The first kappa shape index (κ1) is 54.6. The number of nitrogens with zero attached hydrogens (tertiary/aromatic N) is 2. The summed E-state index contributed by atoms with van der Waals surface area (Å²) in [5.41, 5.74) is 0. The van der Waals surface area contributed by atoms with Crippen molar-refractivity contribution < 1.29 is 19.0 Å². The first-order valence-electron chi connectivity index (χ1n) is 24.4. The van der Waals surface area contributed by atoms with Gasteiger partial charge in [-0.2, -0.15) is 0 Å². The van der Waals surface area contributed by atoms with Crippen molar-refractivity contribution in [3.05, 3.63) is 24.3 Å². The third-order valence-electron chi connectivity index (χ3n) is 11.0. The van der Waals surface area contributed by atoms with E-state index >= 15 is 0 Å². The van der Waals surface area contributed by atoms with Crippen LogP contribution in [-0.2, 0) is 14.2 Å². The minimum absolute atomic E-state index is 0.156. The summed E-state index contributed by atoms with van der Waals surface area (Å²) in [6.45, 7) is 16.6. The smallest absolute Gasteiger partial charge is 0.407 e. The Morgan fingerprint density at radius 2 is 0.946 bits per heavy atom. The van der Waals surface area contributed by atoms with Crippen LogP contribution in [0.4, 0.5) is 4.79 Å². The molecule has 7 nitrogen and oxygen atoms in total. The Morgan fingerprint density at radius 3 is 1.41 bits per heavy atom. The van der Waals surface area contributed by atoms with Crippen molar-refractivity contribution in [3.8, 4) is 0 Å². The van der Waals surface area contributed by atoms with E-state index in [1.54, 1.807) is 0 Å². The van der Waals surface area contributed by atoms with Gasteiger partial charge in [-0.1, -0.05) is 168 Å². The zero-order valence-electron chi connectivity index (χ0n) is 38.3. The van der Waals surface area contributed by atoms with Crippen LogP contribution in [0.5, 0.6) is 0 Å². The van der Waals surface area contributed by atoms with Gasteiger partial charge in [0.1, 0.15) is 6.61 Å². The molecule has 7 heteroatoms. The fourth-order valence-corrected chi connectivity index (χ4v) is 6.94. The Balaban J connectivity index is 4.20. The molecule has 0 aliphatic heterocycles. The molecule has 56 heavy (non-hydrogen) atoms. The van der Waals surface area contributed by atoms with Gasteiger partial charge in [-0.25, -0.2) is 4.79 Å². The second kappa shape index (κ2) is 46.3. The first-order chi connectivity index (χ1) is 27.6. The van der Waals surface area contributed by atoms with Crippen LogP contribution in [0.2, 0.25) is 0 Å². The highest BCUT2D eigenvalue weighted by Crippen LogP contribution is 2.12. The van der Waals surface area contributed by atoms with Crippen molar-refractivity contribution in [1.29, 1.82) is 0 Å². The van der Waals surface area contributed by atoms with Gasteiger partial charge in [0.2, 0.25) is 0 Å². The number of carbonyl (C=O) groups is 1. The Morgan fingerprint density at radius 1 is 0.518 bits per heavy atom. The maximum Gasteiger partial charge on any atom is 0.407 e. The van der Waals surface area contributed by atoms with E-state index in [1.165, 1.54) is 167 Å². The van der Waals surface area contributed by atoms with Gasteiger partial charge < -0.3 is 29.3 Å². The molecule has 332 valence electrons. The minimum atomic E-state index is -0.374. The molecule has 1 amide bonds. The van der Waals surface area contributed by atoms with E-state index in [4.69, 9.17) is 14.2 Å². The summed E-state index contributed by atoms with van der Waals surface area (Å²) < 4.78 is 17.8. The van der Waals surface area contributed by atoms with Gasteiger partial charge in [0, 0.05) is 39.4 Å². The summed E-state index contributed by atoms with van der Waals surface area (Å²) in [6, 6.07) is 0. The van der Waals surface area contributed by atoms with Crippen molar-refractivity contribution in [2.24, 2.45) is 0 Å². The van der Waals surface area contributed by atoms with Gasteiger partial charge in [0.05, 0.1) is 12.7 Å². The van der Waals surface area contributed by atoms with Crippen molar-refractivity contribution in [1.82, 2.24) is 15.1 Å². The highest BCUT2D eigenvalue weighted by molar-refractivity contribution is 5.67. The number of allylic oxidation sites excluding steroid dienone is 4. The number of hydrogen-bond donors (Lipinski definition) is 1. The molecule has 0 saturated heterocycles. The molecule has 1 unspecified atom stereocenters. The lowest BCUT2D eigenvalue weighted by molar-refractivity contribution is -0.0175. The van der Waals surface area contributed by atoms with E-state index in [1.807, 2.05) is 0 Å². The van der Waals surface area contributed by atoms with E-state index in [0.717, 1.165) is 52.2 Å². The van der Waals surface area contributed by atoms with Crippen LogP contribution in [0.15, 0.2) is 24.3 Å². The molecular formula is C49H97N3O4. The Hall–Kier alpha value is -1.41. The van der Waals surface area contributed by atoms with Gasteiger partial charge in [-0.05, 0) is 84.3 Å². The standard InChI is InChI=1S/C49H97N3O4/c1-6-10-12-14-16-18-20-22-24-26-28-30-32-34-36-38-43-54-47-48(46-50-49(53)56-45-42-51(5)40-41-52(8-3)9-4)55-44-39-37-35-33-31-29-27-25-23-21-19-17-15-13-11-7-2/h22-25,48H,6-21,26-47H2,1-5H3,(H,50,53). The monoisotopic (exact) mass is 792 g/mol. The lowest BCUT2D eigenvalue weighted by Gasteiger charge is -2.23. The second-order valence-corrected chi connectivity index (χ2v) is 16.3.